The predicted octanol–water partition coefficient (Wildman–Crippen LogP) is 3.75. The summed E-state index contributed by atoms with van der Waals surface area (Å²) >= 11 is 0. The Hall–Kier alpha value is -2.70. The lowest BCUT2D eigenvalue weighted by atomic mass is 9.98. The normalized spacial score (nSPS) is 14.5. The van der Waals surface area contributed by atoms with Crippen LogP contribution >= 0.6 is 0 Å². The maximum atomic E-state index is 12.3. The zero-order valence-corrected chi connectivity index (χ0v) is 17.9. The maximum Gasteiger partial charge on any atom is 0.338 e. The van der Waals surface area contributed by atoms with Crippen LogP contribution in [0.15, 0.2) is 42.5 Å². The minimum absolute atomic E-state index is 0.277. The third kappa shape index (κ3) is 5.90. The second kappa shape index (κ2) is 10.4. The van der Waals surface area contributed by atoms with Gasteiger partial charge < -0.3 is 14.8 Å². The number of ether oxygens (including phenoxy) is 2. The van der Waals surface area contributed by atoms with E-state index in [0.29, 0.717) is 5.56 Å². The van der Waals surface area contributed by atoms with Gasteiger partial charge in [-0.3, -0.25) is 9.69 Å². The molecule has 3 rings (SSSR count). The lowest BCUT2D eigenvalue weighted by Crippen LogP contribution is -2.35. The van der Waals surface area contributed by atoms with Gasteiger partial charge in [0.15, 0.2) is 6.61 Å². The van der Waals surface area contributed by atoms with E-state index in [-0.39, 0.29) is 18.4 Å². The fourth-order valence-electron chi connectivity index (χ4n) is 3.50. The quantitative estimate of drug-likeness (QED) is 0.704. The van der Waals surface area contributed by atoms with Gasteiger partial charge in [0.05, 0.1) is 18.8 Å². The number of carbonyl (C=O) groups is 2. The van der Waals surface area contributed by atoms with Gasteiger partial charge in [-0.25, -0.2) is 4.79 Å². The molecule has 1 N–H and O–H groups in total. The fraction of sp³-hybridized carbons (Fsp3) is 0.417. The minimum atomic E-state index is -0.503. The molecule has 30 heavy (non-hydrogen) atoms. The van der Waals surface area contributed by atoms with E-state index < -0.39 is 5.97 Å². The summed E-state index contributed by atoms with van der Waals surface area (Å²) in [5.74, 6) is -0.570. The molecule has 160 valence electrons. The van der Waals surface area contributed by atoms with Crippen molar-refractivity contribution >= 4 is 17.6 Å². The Kier molecular flexibility index (Phi) is 7.60. The second-order valence-electron chi connectivity index (χ2n) is 7.90. The average molecular weight is 411 g/mol. The van der Waals surface area contributed by atoms with E-state index in [2.05, 4.69) is 24.1 Å². The van der Waals surface area contributed by atoms with Crippen LogP contribution in [0.2, 0.25) is 0 Å². The zero-order chi connectivity index (χ0) is 21.5. The predicted molar refractivity (Wildman–Crippen MR) is 117 cm³/mol. The summed E-state index contributed by atoms with van der Waals surface area (Å²) in [5, 5.41) is 2.89. The van der Waals surface area contributed by atoms with Crippen LogP contribution < -0.4 is 5.32 Å². The van der Waals surface area contributed by atoms with Gasteiger partial charge in [-0.05, 0) is 41.7 Å². The number of amides is 1. The van der Waals surface area contributed by atoms with Gasteiger partial charge in [-0.2, -0.15) is 0 Å². The number of nitrogens with one attached hydrogen (secondary N) is 1. The Morgan fingerprint density at radius 1 is 1.10 bits per heavy atom. The van der Waals surface area contributed by atoms with Gasteiger partial charge in [0.1, 0.15) is 0 Å². The smallest absolute Gasteiger partial charge is 0.338 e. The Morgan fingerprint density at radius 2 is 1.80 bits per heavy atom. The number of hydrogen-bond donors (Lipinski definition) is 1. The van der Waals surface area contributed by atoms with E-state index in [1.165, 1.54) is 0 Å². The van der Waals surface area contributed by atoms with Crippen molar-refractivity contribution in [3.63, 3.8) is 0 Å². The summed E-state index contributed by atoms with van der Waals surface area (Å²) in [5.41, 5.74) is 4.41. The third-order valence-corrected chi connectivity index (χ3v) is 5.23. The number of carbonyl (C=O) groups excluding carboxylic acids is 2. The van der Waals surface area contributed by atoms with Crippen LogP contribution in [0.4, 0.5) is 5.69 Å². The molecule has 2 aromatic carbocycles. The Morgan fingerprint density at radius 3 is 2.47 bits per heavy atom. The second-order valence-corrected chi connectivity index (χ2v) is 7.90. The number of anilines is 1. The molecule has 1 saturated heterocycles. The van der Waals surface area contributed by atoms with Crippen LogP contribution in [-0.2, 0) is 20.8 Å². The number of benzene rings is 2. The van der Waals surface area contributed by atoms with E-state index in [1.807, 2.05) is 37.3 Å². The summed E-state index contributed by atoms with van der Waals surface area (Å²) in [6.07, 6.45) is 0. The third-order valence-electron chi connectivity index (χ3n) is 5.23. The van der Waals surface area contributed by atoms with Crippen LogP contribution in [0.3, 0.4) is 0 Å². The van der Waals surface area contributed by atoms with Crippen molar-refractivity contribution in [2.24, 2.45) is 0 Å². The van der Waals surface area contributed by atoms with E-state index in [0.717, 1.165) is 55.2 Å². The Balaban J connectivity index is 1.52. The highest BCUT2D eigenvalue weighted by molar-refractivity contribution is 5.96. The number of esters is 1. The summed E-state index contributed by atoms with van der Waals surface area (Å²) in [4.78, 5) is 27.0. The summed E-state index contributed by atoms with van der Waals surface area (Å²) in [6, 6.07) is 13.3. The number of nitrogens with zero attached hydrogens (tertiary/aromatic N) is 1. The van der Waals surface area contributed by atoms with Crippen LogP contribution in [0, 0.1) is 6.92 Å². The van der Waals surface area contributed by atoms with E-state index in [4.69, 9.17) is 9.47 Å². The summed E-state index contributed by atoms with van der Waals surface area (Å²) in [7, 11) is 0. The number of aryl methyl sites for hydroxylation is 1. The topological polar surface area (TPSA) is 67.9 Å². The highest BCUT2D eigenvalue weighted by atomic mass is 16.5. The molecule has 1 heterocycles. The van der Waals surface area contributed by atoms with Gasteiger partial charge in [-0.1, -0.05) is 44.2 Å². The summed E-state index contributed by atoms with van der Waals surface area (Å²) in [6.45, 7) is 9.96. The van der Waals surface area contributed by atoms with Crippen LogP contribution in [-0.4, -0.2) is 49.7 Å². The molecule has 0 saturated carbocycles. The van der Waals surface area contributed by atoms with Crippen molar-refractivity contribution in [1.29, 1.82) is 0 Å². The molecule has 0 unspecified atom stereocenters. The maximum absolute atomic E-state index is 12.3. The van der Waals surface area contributed by atoms with Crippen molar-refractivity contribution in [1.82, 2.24) is 4.90 Å². The van der Waals surface area contributed by atoms with Crippen molar-refractivity contribution in [2.75, 3.05) is 38.2 Å². The largest absolute Gasteiger partial charge is 0.452 e. The van der Waals surface area contributed by atoms with Crippen molar-refractivity contribution in [2.45, 2.75) is 33.2 Å². The first kappa shape index (κ1) is 22.0. The van der Waals surface area contributed by atoms with Gasteiger partial charge in [0.25, 0.3) is 5.91 Å². The number of morpholine rings is 1. The van der Waals surface area contributed by atoms with Crippen molar-refractivity contribution in [3.8, 4) is 0 Å². The van der Waals surface area contributed by atoms with Crippen molar-refractivity contribution < 1.29 is 19.1 Å². The molecule has 1 aliphatic rings. The Bertz CT molecular complexity index is 871. The highest BCUT2D eigenvalue weighted by Crippen LogP contribution is 2.27. The molecule has 6 heteroatoms. The first-order valence-corrected chi connectivity index (χ1v) is 10.4. The molecule has 0 atom stereocenters. The van der Waals surface area contributed by atoms with Crippen LogP contribution in [0.1, 0.15) is 46.8 Å². The molecule has 6 nitrogen and oxygen atoms in total. The first-order chi connectivity index (χ1) is 14.4. The van der Waals surface area contributed by atoms with E-state index >= 15 is 0 Å². The fourth-order valence-corrected chi connectivity index (χ4v) is 3.50. The van der Waals surface area contributed by atoms with Crippen LogP contribution in [0.5, 0.6) is 0 Å². The van der Waals surface area contributed by atoms with Crippen molar-refractivity contribution in [3.05, 3.63) is 64.7 Å². The molecule has 1 amide bonds. The van der Waals surface area contributed by atoms with Gasteiger partial charge in [0.2, 0.25) is 0 Å². The monoisotopic (exact) mass is 410 g/mol. The molecule has 0 aromatic heterocycles. The van der Waals surface area contributed by atoms with E-state index in [9.17, 15) is 9.59 Å². The zero-order valence-electron chi connectivity index (χ0n) is 17.9. The SMILES string of the molecule is Cc1cccc(C(C)C)c1NC(=O)COC(=O)c1ccc(CN2CCOCC2)cc1. The molecular formula is C24H30N2O4. The molecule has 0 bridgehead atoms. The van der Waals surface area contributed by atoms with Gasteiger partial charge >= 0.3 is 5.97 Å². The standard InChI is InChI=1S/C24H30N2O4/c1-17(2)21-6-4-5-18(3)23(21)25-22(27)16-30-24(28)20-9-7-19(8-10-20)15-26-11-13-29-14-12-26/h4-10,17H,11-16H2,1-3H3,(H,25,27). The first-order valence-electron chi connectivity index (χ1n) is 10.4. The summed E-state index contributed by atoms with van der Waals surface area (Å²) < 4.78 is 10.6. The van der Waals surface area contributed by atoms with Gasteiger partial charge in [0, 0.05) is 25.3 Å². The molecule has 0 aliphatic carbocycles. The van der Waals surface area contributed by atoms with Gasteiger partial charge in [-0.15, -0.1) is 0 Å². The lowest BCUT2D eigenvalue weighted by Gasteiger charge is -2.26. The average Bonchev–Trinajstić information content (AvgIpc) is 2.74. The molecule has 1 fully saturated rings. The number of rotatable bonds is 7. The molecule has 2 aromatic rings. The van der Waals surface area contributed by atoms with Crippen LogP contribution in [0.25, 0.3) is 0 Å². The number of hydrogen-bond acceptors (Lipinski definition) is 5. The number of para-hydroxylation sites is 1. The van der Waals surface area contributed by atoms with E-state index in [1.54, 1.807) is 12.1 Å². The highest BCUT2D eigenvalue weighted by Gasteiger charge is 2.15. The molecule has 1 aliphatic heterocycles. The molecular weight excluding hydrogens is 380 g/mol. The molecule has 0 spiro atoms. The Labute approximate surface area is 178 Å². The minimum Gasteiger partial charge on any atom is -0.452 e. The molecule has 0 radical (unpaired) electrons. The lowest BCUT2D eigenvalue weighted by molar-refractivity contribution is -0.119.